The molecule has 122 valence electrons. The largest absolute Gasteiger partial charge is 0.376 e. The van der Waals surface area contributed by atoms with Gasteiger partial charge in [-0.05, 0) is 32.1 Å². The van der Waals surface area contributed by atoms with Gasteiger partial charge in [-0.25, -0.2) is 9.78 Å². The van der Waals surface area contributed by atoms with Crippen LogP contribution in [-0.2, 0) is 17.7 Å². The van der Waals surface area contributed by atoms with E-state index in [4.69, 9.17) is 4.74 Å². The van der Waals surface area contributed by atoms with Gasteiger partial charge in [0.15, 0.2) is 0 Å². The molecule has 1 N–H and O–H groups in total. The van der Waals surface area contributed by atoms with Gasteiger partial charge < -0.3 is 19.5 Å². The number of ether oxygens (including phenoxy) is 1. The van der Waals surface area contributed by atoms with Gasteiger partial charge in [0.25, 0.3) is 0 Å². The van der Waals surface area contributed by atoms with E-state index < -0.39 is 0 Å². The highest BCUT2D eigenvalue weighted by Gasteiger charge is 2.26. The van der Waals surface area contributed by atoms with E-state index in [0.717, 1.165) is 51.2 Å². The minimum atomic E-state index is -0.000530. The molecule has 2 amide bonds. The zero-order chi connectivity index (χ0) is 15.5. The molecule has 2 aliphatic rings. The lowest BCUT2D eigenvalue weighted by Gasteiger charge is -2.29. The lowest BCUT2D eigenvalue weighted by atomic mass is 9.99. The highest BCUT2D eigenvalue weighted by atomic mass is 16.5. The summed E-state index contributed by atoms with van der Waals surface area (Å²) in [6, 6.07) is 0.0727. The van der Waals surface area contributed by atoms with E-state index in [9.17, 15) is 4.79 Å². The van der Waals surface area contributed by atoms with Crippen LogP contribution in [0.1, 0.15) is 32.0 Å². The van der Waals surface area contributed by atoms with Gasteiger partial charge in [0.2, 0.25) is 0 Å². The van der Waals surface area contributed by atoms with Crippen LogP contribution < -0.4 is 5.32 Å². The zero-order valence-electron chi connectivity index (χ0n) is 13.5. The van der Waals surface area contributed by atoms with Crippen molar-refractivity contribution in [3.05, 3.63) is 18.2 Å². The van der Waals surface area contributed by atoms with Crippen molar-refractivity contribution in [2.75, 3.05) is 20.2 Å². The Balaban J connectivity index is 1.47. The third-order valence-electron chi connectivity index (χ3n) is 4.79. The van der Waals surface area contributed by atoms with Crippen molar-refractivity contribution >= 4 is 6.03 Å². The van der Waals surface area contributed by atoms with E-state index >= 15 is 0 Å². The molecule has 3 atom stereocenters. The fourth-order valence-corrected chi connectivity index (χ4v) is 3.45. The molecule has 22 heavy (non-hydrogen) atoms. The van der Waals surface area contributed by atoms with E-state index in [2.05, 4.69) is 14.9 Å². The first-order chi connectivity index (χ1) is 10.6. The molecule has 0 saturated carbocycles. The van der Waals surface area contributed by atoms with Crippen molar-refractivity contribution in [3.8, 4) is 0 Å². The van der Waals surface area contributed by atoms with Gasteiger partial charge in [0.05, 0.1) is 12.1 Å². The average molecular weight is 306 g/mol. The van der Waals surface area contributed by atoms with Gasteiger partial charge in [-0.2, -0.15) is 0 Å². The Morgan fingerprint density at radius 2 is 2.45 bits per heavy atom. The minimum absolute atomic E-state index is 0.000530. The molecule has 0 bridgehead atoms. The second kappa shape index (κ2) is 6.69. The van der Waals surface area contributed by atoms with Crippen LogP contribution in [0.4, 0.5) is 4.79 Å². The van der Waals surface area contributed by atoms with Crippen LogP contribution in [0.15, 0.2) is 12.4 Å². The Hall–Kier alpha value is -1.56. The number of carbonyl (C=O) groups is 1. The van der Waals surface area contributed by atoms with E-state index in [1.807, 2.05) is 26.4 Å². The average Bonchev–Trinajstić information content (AvgIpc) is 3.18. The Morgan fingerprint density at radius 3 is 3.23 bits per heavy atom. The van der Waals surface area contributed by atoms with Crippen molar-refractivity contribution < 1.29 is 9.53 Å². The highest BCUT2D eigenvalue weighted by Crippen LogP contribution is 2.20. The Bertz CT molecular complexity index is 510. The van der Waals surface area contributed by atoms with Crippen LogP contribution in [-0.4, -0.2) is 52.8 Å². The summed E-state index contributed by atoms with van der Waals surface area (Å²) in [7, 11) is 1.88. The van der Waals surface area contributed by atoms with E-state index in [-0.39, 0.29) is 18.2 Å². The van der Waals surface area contributed by atoms with E-state index in [0.29, 0.717) is 5.92 Å². The topological polar surface area (TPSA) is 59.4 Å². The maximum atomic E-state index is 12.3. The summed E-state index contributed by atoms with van der Waals surface area (Å²) in [5.41, 5.74) is 0. The molecule has 0 spiro atoms. The van der Waals surface area contributed by atoms with Crippen LogP contribution in [0.3, 0.4) is 0 Å². The Morgan fingerprint density at radius 1 is 1.59 bits per heavy atom. The number of hydrogen-bond acceptors (Lipinski definition) is 3. The zero-order valence-corrected chi connectivity index (χ0v) is 13.5. The number of urea groups is 1. The van der Waals surface area contributed by atoms with Gasteiger partial charge in [0, 0.05) is 45.6 Å². The molecule has 1 aromatic heterocycles. The number of imidazole rings is 1. The van der Waals surface area contributed by atoms with Gasteiger partial charge in [-0.1, -0.05) is 0 Å². The summed E-state index contributed by atoms with van der Waals surface area (Å²) in [4.78, 5) is 18.5. The summed E-state index contributed by atoms with van der Waals surface area (Å²) < 4.78 is 7.84. The van der Waals surface area contributed by atoms with Gasteiger partial charge in [0.1, 0.15) is 5.82 Å². The number of nitrogens with one attached hydrogen (secondary N) is 1. The number of aromatic nitrogens is 2. The van der Waals surface area contributed by atoms with Gasteiger partial charge >= 0.3 is 6.03 Å². The first-order valence-corrected chi connectivity index (χ1v) is 8.26. The van der Waals surface area contributed by atoms with Crippen LogP contribution in [0.2, 0.25) is 0 Å². The maximum Gasteiger partial charge on any atom is 0.317 e. The summed E-state index contributed by atoms with van der Waals surface area (Å²) in [6.45, 7) is 4.58. The molecule has 6 nitrogen and oxygen atoms in total. The molecule has 1 saturated heterocycles. The number of rotatable bonds is 4. The van der Waals surface area contributed by atoms with Gasteiger partial charge in [-0.3, -0.25) is 0 Å². The molecule has 2 aliphatic heterocycles. The monoisotopic (exact) mass is 306 g/mol. The molecule has 3 heterocycles. The third-order valence-corrected chi connectivity index (χ3v) is 4.79. The molecule has 6 heteroatoms. The quantitative estimate of drug-likeness (QED) is 0.920. The predicted molar refractivity (Wildman–Crippen MR) is 83.6 cm³/mol. The maximum absolute atomic E-state index is 12.3. The Labute approximate surface area is 131 Å². The molecule has 3 unspecified atom stereocenters. The molecular weight excluding hydrogens is 280 g/mol. The first kappa shape index (κ1) is 15.3. The third kappa shape index (κ3) is 3.43. The van der Waals surface area contributed by atoms with Crippen molar-refractivity contribution in [2.45, 2.75) is 51.3 Å². The first-order valence-electron chi connectivity index (χ1n) is 8.26. The SMILES string of the molecule is CC(NC(=O)N(C)CC1CCc2nccn2C1)C1CCCO1. The van der Waals surface area contributed by atoms with Crippen molar-refractivity contribution in [3.63, 3.8) is 0 Å². The van der Waals surface area contributed by atoms with Crippen LogP contribution in [0, 0.1) is 5.92 Å². The molecule has 1 aromatic rings. The van der Waals surface area contributed by atoms with Gasteiger partial charge in [-0.15, -0.1) is 0 Å². The lowest BCUT2D eigenvalue weighted by molar-refractivity contribution is 0.0833. The second-order valence-electron chi connectivity index (χ2n) is 6.57. The van der Waals surface area contributed by atoms with Crippen LogP contribution >= 0.6 is 0 Å². The van der Waals surface area contributed by atoms with Crippen molar-refractivity contribution in [1.29, 1.82) is 0 Å². The summed E-state index contributed by atoms with van der Waals surface area (Å²) in [5.74, 6) is 1.66. The summed E-state index contributed by atoms with van der Waals surface area (Å²) in [5, 5.41) is 3.07. The van der Waals surface area contributed by atoms with Crippen molar-refractivity contribution in [1.82, 2.24) is 19.8 Å². The lowest BCUT2D eigenvalue weighted by Crippen LogP contribution is -2.48. The van der Waals surface area contributed by atoms with Crippen molar-refractivity contribution in [2.24, 2.45) is 5.92 Å². The molecular formula is C16H26N4O2. The smallest absolute Gasteiger partial charge is 0.317 e. The van der Waals surface area contributed by atoms with E-state index in [1.54, 1.807) is 4.90 Å². The predicted octanol–water partition coefficient (Wildman–Crippen LogP) is 1.65. The molecule has 3 rings (SSSR count). The summed E-state index contributed by atoms with van der Waals surface area (Å²) in [6.07, 6.45) is 8.28. The van der Waals surface area contributed by atoms with E-state index in [1.165, 1.54) is 0 Å². The molecule has 0 radical (unpaired) electrons. The molecule has 0 aromatic carbocycles. The fraction of sp³-hybridized carbons (Fsp3) is 0.750. The number of aryl methyl sites for hydroxylation is 1. The molecule has 1 fully saturated rings. The minimum Gasteiger partial charge on any atom is -0.376 e. The number of carbonyl (C=O) groups excluding carboxylic acids is 1. The summed E-state index contributed by atoms with van der Waals surface area (Å²) >= 11 is 0. The number of amides is 2. The normalized spacial score (nSPS) is 25.5. The van der Waals surface area contributed by atoms with Crippen LogP contribution in [0.25, 0.3) is 0 Å². The number of fused-ring (bicyclic) bond motifs is 1. The fourth-order valence-electron chi connectivity index (χ4n) is 3.45. The second-order valence-corrected chi connectivity index (χ2v) is 6.57. The highest BCUT2D eigenvalue weighted by molar-refractivity contribution is 5.74. The Kier molecular flexibility index (Phi) is 4.66. The number of nitrogens with zero attached hydrogens (tertiary/aromatic N) is 3. The van der Waals surface area contributed by atoms with Crippen LogP contribution in [0.5, 0.6) is 0 Å². The standard InChI is InChI=1S/C16H26N4O2/c1-12(14-4-3-9-22-14)18-16(21)19(2)10-13-5-6-15-17-7-8-20(15)11-13/h7-8,12-14H,3-6,9-11H2,1-2H3,(H,18,21). The number of hydrogen-bond donors (Lipinski definition) is 1. The molecule has 0 aliphatic carbocycles.